The lowest BCUT2D eigenvalue weighted by Crippen LogP contribution is -2.19. The molecule has 0 bridgehead atoms. The molecule has 3 N–H and O–H groups in total. The van der Waals surface area contributed by atoms with Crippen molar-refractivity contribution < 1.29 is 0 Å². The van der Waals surface area contributed by atoms with E-state index in [0.29, 0.717) is 16.8 Å². The lowest BCUT2D eigenvalue weighted by atomic mass is 10.1. The van der Waals surface area contributed by atoms with Crippen LogP contribution in [-0.4, -0.2) is 41.5 Å². The quantitative estimate of drug-likeness (QED) is 0.829. The van der Waals surface area contributed by atoms with E-state index in [9.17, 15) is 0 Å². The van der Waals surface area contributed by atoms with E-state index in [1.807, 2.05) is 0 Å². The van der Waals surface area contributed by atoms with Crippen molar-refractivity contribution in [2.45, 2.75) is 6.42 Å². The monoisotopic (exact) mass is 241 g/mol. The highest BCUT2D eigenvalue weighted by Crippen LogP contribution is 2.20. The maximum atomic E-state index is 5.96. The Morgan fingerprint density at radius 1 is 1.69 bits per heavy atom. The van der Waals surface area contributed by atoms with Crippen molar-refractivity contribution in [3.63, 3.8) is 0 Å². The van der Waals surface area contributed by atoms with Crippen LogP contribution in [0.1, 0.15) is 6.42 Å². The average Bonchev–Trinajstić information content (AvgIpc) is 2.66. The van der Waals surface area contributed by atoms with E-state index in [1.54, 1.807) is 0 Å². The molecule has 1 aliphatic rings. The SMILES string of the molecule is CN1CCC(CNc2nc(N)ncc2Cl)C1. The van der Waals surface area contributed by atoms with E-state index < -0.39 is 0 Å². The molecule has 1 fully saturated rings. The van der Waals surface area contributed by atoms with Gasteiger partial charge in [0.25, 0.3) is 0 Å². The molecule has 88 valence electrons. The van der Waals surface area contributed by atoms with Gasteiger partial charge in [-0.15, -0.1) is 0 Å². The number of anilines is 2. The second-order valence-corrected chi connectivity index (χ2v) is 4.63. The van der Waals surface area contributed by atoms with E-state index in [1.165, 1.54) is 12.6 Å². The van der Waals surface area contributed by atoms with Gasteiger partial charge in [-0.2, -0.15) is 4.98 Å². The molecule has 2 heterocycles. The Labute approximate surface area is 100 Å². The van der Waals surface area contributed by atoms with Crippen molar-refractivity contribution in [2.75, 3.05) is 37.7 Å². The normalized spacial score (nSPS) is 21.2. The maximum absolute atomic E-state index is 5.96. The Morgan fingerprint density at radius 3 is 3.19 bits per heavy atom. The molecular formula is C10H16ClN5. The Balaban J connectivity index is 1.91. The molecule has 2 rings (SSSR count). The summed E-state index contributed by atoms with van der Waals surface area (Å²) < 4.78 is 0. The Kier molecular flexibility index (Phi) is 3.46. The van der Waals surface area contributed by atoms with Gasteiger partial charge < -0.3 is 16.0 Å². The van der Waals surface area contributed by atoms with Crippen molar-refractivity contribution in [2.24, 2.45) is 5.92 Å². The summed E-state index contributed by atoms with van der Waals surface area (Å²) in [6.07, 6.45) is 2.73. The average molecular weight is 242 g/mol. The highest BCUT2D eigenvalue weighted by Gasteiger charge is 2.19. The minimum absolute atomic E-state index is 0.246. The van der Waals surface area contributed by atoms with Gasteiger partial charge >= 0.3 is 0 Å². The van der Waals surface area contributed by atoms with Crippen LogP contribution >= 0.6 is 11.6 Å². The first-order chi connectivity index (χ1) is 7.65. The maximum Gasteiger partial charge on any atom is 0.222 e. The van der Waals surface area contributed by atoms with Crippen LogP contribution in [0, 0.1) is 5.92 Å². The summed E-state index contributed by atoms with van der Waals surface area (Å²) in [5.74, 6) is 1.52. The molecule has 5 nitrogen and oxygen atoms in total. The van der Waals surface area contributed by atoms with Crippen LogP contribution in [0.25, 0.3) is 0 Å². The molecule has 0 saturated carbocycles. The zero-order valence-corrected chi connectivity index (χ0v) is 10.0. The number of likely N-dealkylation sites (tertiary alicyclic amines) is 1. The number of nitrogens with one attached hydrogen (secondary N) is 1. The Hall–Kier alpha value is -1.07. The first-order valence-corrected chi connectivity index (χ1v) is 5.73. The lowest BCUT2D eigenvalue weighted by Gasteiger charge is -2.12. The molecular weight excluding hydrogens is 226 g/mol. The molecule has 1 unspecified atom stereocenters. The minimum atomic E-state index is 0.246. The molecule has 1 aliphatic heterocycles. The van der Waals surface area contributed by atoms with Gasteiger partial charge in [-0.1, -0.05) is 11.6 Å². The van der Waals surface area contributed by atoms with Crippen LogP contribution in [0.2, 0.25) is 5.02 Å². The molecule has 1 aromatic heterocycles. The smallest absolute Gasteiger partial charge is 0.222 e. The second kappa shape index (κ2) is 4.84. The zero-order valence-electron chi connectivity index (χ0n) is 9.28. The van der Waals surface area contributed by atoms with Gasteiger partial charge in [-0.05, 0) is 25.9 Å². The summed E-state index contributed by atoms with van der Waals surface area (Å²) in [6.45, 7) is 3.15. The number of rotatable bonds is 3. The fourth-order valence-corrected chi connectivity index (χ4v) is 2.10. The van der Waals surface area contributed by atoms with Crippen LogP contribution < -0.4 is 11.1 Å². The van der Waals surface area contributed by atoms with Gasteiger partial charge in [0.2, 0.25) is 5.95 Å². The Bertz CT molecular complexity index is 370. The van der Waals surface area contributed by atoms with Gasteiger partial charge in [0.15, 0.2) is 0 Å². The fraction of sp³-hybridized carbons (Fsp3) is 0.600. The highest BCUT2D eigenvalue weighted by atomic mass is 35.5. The summed E-state index contributed by atoms with van der Waals surface area (Å²) >= 11 is 5.96. The zero-order chi connectivity index (χ0) is 11.5. The molecule has 0 aliphatic carbocycles. The first-order valence-electron chi connectivity index (χ1n) is 5.35. The van der Waals surface area contributed by atoms with Crippen molar-refractivity contribution in [3.05, 3.63) is 11.2 Å². The number of nitrogen functional groups attached to an aromatic ring is 1. The molecule has 0 spiro atoms. The summed E-state index contributed by atoms with van der Waals surface area (Å²) in [5, 5.41) is 3.74. The third kappa shape index (κ3) is 2.74. The Morgan fingerprint density at radius 2 is 2.50 bits per heavy atom. The number of nitrogens with zero attached hydrogens (tertiary/aromatic N) is 3. The molecule has 0 amide bonds. The van der Waals surface area contributed by atoms with E-state index in [-0.39, 0.29) is 5.95 Å². The van der Waals surface area contributed by atoms with Gasteiger partial charge in [0.05, 0.1) is 6.20 Å². The second-order valence-electron chi connectivity index (χ2n) is 4.22. The number of halogens is 1. The van der Waals surface area contributed by atoms with Crippen molar-refractivity contribution in [1.29, 1.82) is 0 Å². The number of hydrogen-bond donors (Lipinski definition) is 2. The van der Waals surface area contributed by atoms with Gasteiger partial charge in [0.1, 0.15) is 10.8 Å². The summed E-state index contributed by atoms with van der Waals surface area (Å²) in [6, 6.07) is 0. The standard InChI is InChI=1S/C10H16ClN5/c1-16-3-2-7(6-16)4-13-9-8(11)5-14-10(12)15-9/h5,7H,2-4,6H2,1H3,(H3,12,13,14,15). The first kappa shape index (κ1) is 11.4. The minimum Gasteiger partial charge on any atom is -0.368 e. The third-order valence-electron chi connectivity index (χ3n) is 2.81. The van der Waals surface area contributed by atoms with Crippen molar-refractivity contribution in [1.82, 2.24) is 14.9 Å². The molecule has 6 heteroatoms. The molecule has 1 saturated heterocycles. The summed E-state index contributed by atoms with van der Waals surface area (Å²) in [7, 11) is 2.13. The van der Waals surface area contributed by atoms with Crippen LogP contribution in [0.5, 0.6) is 0 Å². The predicted molar refractivity (Wildman–Crippen MR) is 65.5 cm³/mol. The van der Waals surface area contributed by atoms with Gasteiger partial charge in [0, 0.05) is 13.1 Å². The fourth-order valence-electron chi connectivity index (χ4n) is 1.94. The highest BCUT2D eigenvalue weighted by molar-refractivity contribution is 6.32. The molecule has 1 aromatic rings. The third-order valence-corrected chi connectivity index (χ3v) is 3.09. The van der Waals surface area contributed by atoms with Crippen LogP contribution in [0.4, 0.5) is 11.8 Å². The lowest BCUT2D eigenvalue weighted by molar-refractivity contribution is 0.399. The number of hydrogen-bond acceptors (Lipinski definition) is 5. The molecule has 16 heavy (non-hydrogen) atoms. The van der Waals surface area contributed by atoms with Crippen molar-refractivity contribution in [3.8, 4) is 0 Å². The van der Waals surface area contributed by atoms with Crippen LogP contribution in [-0.2, 0) is 0 Å². The number of nitrogens with two attached hydrogens (primary N) is 1. The summed E-state index contributed by atoms with van der Waals surface area (Å²) in [5.41, 5.74) is 5.50. The molecule has 1 atom stereocenters. The van der Waals surface area contributed by atoms with Crippen LogP contribution in [0.3, 0.4) is 0 Å². The van der Waals surface area contributed by atoms with E-state index in [2.05, 4.69) is 27.2 Å². The molecule has 0 aromatic carbocycles. The molecule has 0 radical (unpaired) electrons. The largest absolute Gasteiger partial charge is 0.368 e. The van der Waals surface area contributed by atoms with Crippen LogP contribution in [0.15, 0.2) is 6.20 Å². The van der Waals surface area contributed by atoms with E-state index >= 15 is 0 Å². The van der Waals surface area contributed by atoms with E-state index in [4.69, 9.17) is 17.3 Å². The van der Waals surface area contributed by atoms with Gasteiger partial charge in [-0.25, -0.2) is 4.98 Å². The summed E-state index contributed by atoms with van der Waals surface area (Å²) in [4.78, 5) is 10.2. The van der Waals surface area contributed by atoms with E-state index in [0.717, 1.165) is 19.6 Å². The number of aromatic nitrogens is 2. The van der Waals surface area contributed by atoms with Crippen molar-refractivity contribution >= 4 is 23.4 Å². The van der Waals surface area contributed by atoms with Gasteiger partial charge in [-0.3, -0.25) is 0 Å². The predicted octanol–water partition coefficient (Wildman–Crippen LogP) is 1.08. The topological polar surface area (TPSA) is 67.1 Å².